The van der Waals surface area contributed by atoms with Gasteiger partial charge in [-0.25, -0.2) is 0 Å². The third-order valence-corrected chi connectivity index (χ3v) is 3.02. The van der Waals surface area contributed by atoms with Crippen molar-refractivity contribution < 1.29 is 5.11 Å². The Morgan fingerprint density at radius 2 is 2.42 bits per heavy atom. The van der Waals surface area contributed by atoms with Gasteiger partial charge in [-0.3, -0.25) is 0 Å². The lowest BCUT2D eigenvalue weighted by Crippen LogP contribution is -2.32. The largest absolute Gasteiger partial charge is 0.396 e. The van der Waals surface area contributed by atoms with Crippen LogP contribution >= 0.6 is 11.3 Å². The summed E-state index contributed by atoms with van der Waals surface area (Å²) in [6, 6.07) is 2.08. The molecule has 0 amide bonds. The molecule has 0 aromatic carbocycles. The van der Waals surface area contributed by atoms with Crippen LogP contribution in [0.5, 0.6) is 0 Å². The average Bonchev–Trinajstić information content (AvgIpc) is 2.57. The zero-order chi connectivity index (χ0) is 9.03. The predicted molar refractivity (Wildman–Crippen MR) is 52.4 cm³/mol. The summed E-state index contributed by atoms with van der Waals surface area (Å²) < 4.78 is 0. The normalized spacial score (nSPS) is 15.9. The van der Waals surface area contributed by atoms with Gasteiger partial charge in [0.15, 0.2) is 0 Å². The van der Waals surface area contributed by atoms with Gasteiger partial charge in [0.2, 0.25) is 0 Å². The van der Waals surface area contributed by atoms with E-state index >= 15 is 0 Å². The van der Waals surface area contributed by atoms with Crippen LogP contribution in [0.2, 0.25) is 0 Å². The minimum absolute atomic E-state index is 0.0469. The molecule has 0 radical (unpaired) electrons. The van der Waals surface area contributed by atoms with E-state index in [1.54, 1.807) is 11.3 Å². The van der Waals surface area contributed by atoms with Gasteiger partial charge in [0.25, 0.3) is 0 Å². The molecular weight excluding hydrogens is 170 g/mol. The van der Waals surface area contributed by atoms with Crippen molar-refractivity contribution in [2.24, 2.45) is 5.73 Å². The number of hydrogen-bond acceptors (Lipinski definition) is 3. The zero-order valence-electron chi connectivity index (χ0n) is 7.29. The first-order valence-corrected chi connectivity index (χ1v) is 5.01. The Bertz CT molecular complexity index is 222. The molecule has 0 bridgehead atoms. The third-order valence-electron chi connectivity index (χ3n) is 2.33. The van der Waals surface area contributed by atoms with E-state index in [9.17, 15) is 0 Å². The smallest absolute Gasteiger partial charge is 0.0439 e. The van der Waals surface area contributed by atoms with Crippen LogP contribution < -0.4 is 5.73 Å². The monoisotopic (exact) mass is 185 g/mol. The summed E-state index contributed by atoms with van der Waals surface area (Å²) in [6.45, 7) is 2.87. The summed E-state index contributed by atoms with van der Waals surface area (Å²) in [5.41, 5.74) is 6.87. The van der Waals surface area contributed by atoms with Crippen LogP contribution in [0.3, 0.4) is 0 Å². The van der Waals surface area contributed by atoms with E-state index in [4.69, 9.17) is 10.8 Å². The molecule has 0 saturated heterocycles. The Morgan fingerprint density at radius 1 is 1.67 bits per heavy atom. The van der Waals surface area contributed by atoms with Crippen LogP contribution in [0, 0.1) is 0 Å². The molecule has 0 aliphatic rings. The Labute approximate surface area is 77.0 Å². The van der Waals surface area contributed by atoms with E-state index in [0.29, 0.717) is 6.54 Å². The van der Waals surface area contributed by atoms with Crippen molar-refractivity contribution in [2.45, 2.75) is 18.8 Å². The van der Waals surface area contributed by atoms with Crippen molar-refractivity contribution in [1.29, 1.82) is 0 Å². The van der Waals surface area contributed by atoms with Crippen LogP contribution in [0.25, 0.3) is 0 Å². The molecule has 0 aliphatic carbocycles. The van der Waals surface area contributed by atoms with Gasteiger partial charge in [-0.05, 0) is 28.8 Å². The first-order valence-electron chi connectivity index (χ1n) is 4.06. The topological polar surface area (TPSA) is 46.2 Å². The second kappa shape index (κ2) is 4.03. The molecule has 1 atom stereocenters. The molecule has 1 heterocycles. The van der Waals surface area contributed by atoms with Gasteiger partial charge < -0.3 is 10.8 Å². The van der Waals surface area contributed by atoms with E-state index in [1.807, 2.05) is 5.38 Å². The highest BCUT2D eigenvalue weighted by Crippen LogP contribution is 2.27. The molecule has 2 nitrogen and oxygen atoms in total. The first-order chi connectivity index (χ1) is 5.73. The molecule has 3 heteroatoms. The van der Waals surface area contributed by atoms with Crippen molar-refractivity contribution >= 4 is 11.3 Å². The number of thiophene rings is 1. The maximum Gasteiger partial charge on any atom is 0.0439 e. The minimum atomic E-state index is -0.0469. The lowest BCUT2D eigenvalue weighted by atomic mass is 9.81. The molecule has 0 spiro atoms. The fourth-order valence-corrected chi connectivity index (χ4v) is 2.03. The molecule has 3 N–H and O–H groups in total. The van der Waals surface area contributed by atoms with Crippen LogP contribution in [0.1, 0.15) is 18.9 Å². The molecule has 12 heavy (non-hydrogen) atoms. The van der Waals surface area contributed by atoms with Gasteiger partial charge in [-0.1, -0.05) is 6.92 Å². The molecular formula is C9H15NOS. The number of aliphatic hydroxyl groups is 1. The minimum Gasteiger partial charge on any atom is -0.396 e. The van der Waals surface area contributed by atoms with Crippen molar-refractivity contribution in [3.8, 4) is 0 Å². The number of aliphatic hydroxyl groups excluding tert-OH is 1. The lowest BCUT2D eigenvalue weighted by Gasteiger charge is -2.26. The zero-order valence-corrected chi connectivity index (χ0v) is 8.10. The van der Waals surface area contributed by atoms with Gasteiger partial charge in [0.05, 0.1) is 0 Å². The summed E-state index contributed by atoms with van der Waals surface area (Å²) in [5, 5.41) is 13.0. The van der Waals surface area contributed by atoms with Crippen molar-refractivity contribution in [1.82, 2.24) is 0 Å². The van der Waals surface area contributed by atoms with E-state index in [0.717, 1.165) is 6.42 Å². The van der Waals surface area contributed by atoms with E-state index in [-0.39, 0.29) is 12.0 Å². The molecule has 1 aromatic heterocycles. The molecule has 1 aromatic rings. The maximum absolute atomic E-state index is 8.88. The van der Waals surface area contributed by atoms with Crippen LogP contribution in [-0.2, 0) is 5.41 Å². The molecule has 0 fully saturated rings. The highest BCUT2D eigenvalue weighted by Gasteiger charge is 2.24. The summed E-state index contributed by atoms with van der Waals surface area (Å²) in [6.07, 6.45) is 0.736. The summed E-state index contributed by atoms with van der Waals surface area (Å²) in [5.74, 6) is 0. The van der Waals surface area contributed by atoms with E-state index in [2.05, 4.69) is 18.4 Å². The molecule has 1 rings (SSSR count). The van der Waals surface area contributed by atoms with Gasteiger partial charge >= 0.3 is 0 Å². The number of rotatable bonds is 4. The molecule has 0 saturated carbocycles. The predicted octanol–water partition coefficient (Wildman–Crippen LogP) is 1.35. The van der Waals surface area contributed by atoms with Crippen molar-refractivity contribution in [3.63, 3.8) is 0 Å². The number of hydrogen-bond donors (Lipinski definition) is 2. The molecule has 1 unspecified atom stereocenters. The molecule has 68 valence electrons. The Balaban J connectivity index is 2.80. The summed E-state index contributed by atoms with van der Waals surface area (Å²) in [4.78, 5) is 0. The van der Waals surface area contributed by atoms with Gasteiger partial charge in [-0.2, -0.15) is 11.3 Å². The maximum atomic E-state index is 8.88. The highest BCUT2D eigenvalue weighted by molar-refractivity contribution is 7.08. The van der Waals surface area contributed by atoms with Gasteiger partial charge in [-0.15, -0.1) is 0 Å². The average molecular weight is 185 g/mol. The Morgan fingerprint density at radius 3 is 2.83 bits per heavy atom. The van der Waals surface area contributed by atoms with E-state index in [1.165, 1.54) is 5.56 Å². The highest BCUT2D eigenvalue weighted by atomic mass is 32.1. The first kappa shape index (κ1) is 9.71. The van der Waals surface area contributed by atoms with Crippen LogP contribution in [0.15, 0.2) is 16.8 Å². The van der Waals surface area contributed by atoms with Crippen molar-refractivity contribution in [2.75, 3.05) is 13.2 Å². The molecule has 0 aliphatic heterocycles. The van der Waals surface area contributed by atoms with Crippen LogP contribution in [-0.4, -0.2) is 18.3 Å². The van der Waals surface area contributed by atoms with Crippen molar-refractivity contribution in [3.05, 3.63) is 22.4 Å². The quantitative estimate of drug-likeness (QED) is 0.743. The standard InChI is InChI=1S/C9H15NOS/c1-9(7-10,3-4-11)8-2-5-12-6-8/h2,5-6,11H,3-4,7,10H2,1H3. The van der Waals surface area contributed by atoms with Crippen LogP contribution in [0.4, 0.5) is 0 Å². The Hall–Kier alpha value is -0.380. The third kappa shape index (κ3) is 1.86. The summed E-state index contributed by atoms with van der Waals surface area (Å²) >= 11 is 1.67. The van der Waals surface area contributed by atoms with E-state index < -0.39 is 0 Å². The SMILES string of the molecule is CC(CN)(CCO)c1ccsc1. The fourth-order valence-electron chi connectivity index (χ4n) is 1.22. The van der Waals surface area contributed by atoms with Gasteiger partial charge in [0.1, 0.15) is 0 Å². The number of nitrogens with two attached hydrogens (primary N) is 1. The van der Waals surface area contributed by atoms with Gasteiger partial charge in [0, 0.05) is 18.6 Å². The Kier molecular flexibility index (Phi) is 3.26. The second-order valence-corrected chi connectivity index (χ2v) is 4.03. The summed E-state index contributed by atoms with van der Waals surface area (Å²) in [7, 11) is 0. The second-order valence-electron chi connectivity index (χ2n) is 3.25. The fraction of sp³-hybridized carbons (Fsp3) is 0.556. The lowest BCUT2D eigenvalue weighted by molar-refractivity contribution is 0.247.